The molecule has 16 heavy (non-hydrogen) atoms. The monoisotopic (exact) mass is 220 g/mol. The molecule has 0 radical (unpaired) electrons. The molecular formula is C9H8N4O3. The summed E-state index contributed by atoms with van der Waals surface area (Å²) in [5, 5.41) is 5.52. The van der Waals surface area contributed by atoms with E-state index in [4.69, 9.17) is 10.5 Å². The zero-order chi connectivity index (χ0) is 11.5. The van der Waals surface area contributed by atoms with Crippen LogP contribution in [0.25, 0.3) is 0 Å². The van der Waals surface area contributed by atoms with Crippen LogP contribution >= 0.6 is 0 Å². The third-order valence-corrected chi connectivity index (χ3v) is 1.75. The lowest BCUT2D eigenvalue weighted by Crippen LogP contribution is -2.24. The Kier molecular flexibility index (Phi) is 2.42. The van der Waals surface area contributed by atoms with Crippen molar-refractivity contribution >= 4 is 5.69 Å². The number of aromatic amines is 2. The molecule has 7 nitrogen and oxygen atoms in total. The molecule has 0 amide bonds. The number of aromatic nitrogens is 3. The third-order valence-electron chi connectivity index (χ3n) is 1.75. The van der Waals surface area contributed by atoms with Gasteiger partial charge in [-0.1, -0.05) is 6.07 Å². The SMILES string of the molecule is Nc1cccc(Oc2n[nH]c(=O)[nH]c2=O)c1. The largest absolute Gasteiger partial charge is 0.434 e. The van der Waals surface area contributed by atoms with Gasteiger partial charge < -0.3 is 10.5 Å². The van der Waals surface area contributed by atoms with Gasteiger partial charge in [0, 0.05) is 11.8 Å². The van der Waals surface area contributed by atoms with Crippen LogP contribution in [0.4, 0.5) is 5.69 Å². The molecule has 4 N–H and O–H groups in total. The summed E-state index contributed by atoms with van der Waals surface area (Å²) < 4.78 is 5.14. The van der Waals surface area contributed by atoms with Gasteiger partial charge in [0.25, 0.3) is 0 Å². The molecule has 1 aromatic heterocycles. The average molecular weight is 220 g/mol. The van der Waals surface area contributed by atoms with Crippen LogP contribution in [0.3, 0.4) is 0 Å². The Morgan fingerprint density at radius 2 is 2.12 bits per heavy atom. The number of ether oxygens (including phenoxy) is 1. The van der Waals surface area contributed by atoms with Gasteiger partial charge in [-0.05, 0) is 12.1 Å². The second-order valence-corrected chi connectivity index (χ2v) is 2.99. The maximum atomic E-state index is 11.2. The molecule has 0 aliphatic heterocycles. The Balaban J connectivity index is 2.34. The van der Waals surface area contributed by atoms with Gasteiger partial charge in [0.05, 0.1) is 0 Å². The van der Waals surface area contributed by atoms with E-state index in [0.29, 0.717) is 11.4 Å². The topological polar surface area (TPSA) is 114 Å². The van der Waals surface area contributed by atoms with E-state index in [0.717, 1.165) is 0 Å². The van der Waals surface area contributed by atoms with Crippen molar-refractivity contribution in [1.29, 1.82) is 0 Å². The van der Waals surface area contributed by atoms with Gasteiger partial charge in [-0.2, -0.15) is 0 Å². The zero-order valence-electron chi connectivity index (χ0n) is 8.06. The Morgan fingerprint density at radius 3 is 2.81 bits per heavy atom. The van der Waals surface area contributed by atoms with Gasteiger partial charge in [-0.15, -0.1) is 5.10 Å². The molecule has 0 saturated heterocycles. The Morgan fingerprint density at radius 1 is 1.31 bits per heavy atom. The number of hydrogen-bond donors (Lipinski definition) is 3. The Bertz CT molecular complexity index is 616. The molecular weight excluding hydrogens is 212 g/mol. The number of anilines is 1. The van der Waals surface area contributed by atoms with Crippen LogP contribution in [0.5, 0.6) is 11.6 Å². The molecule has 1 heterocycles. The van der Waals surface area contributed by atoms with E-state index >= 15 is 0 Å². The lowest BCUT2D eigenvalue weighted by atomic mass is 10.3. The minimum Gasteiger partial charge on any atom is -0.434 e. The Labute approximate surface area is 88.9 Å². The van der Waals surface area contributed by atoms with Crippen molar-refractivity contribution in [2.24, 2.45) is 0 Å². The minimum absolute atomic E-state index is 0.245. The van der Waals surface area contributed by atoms with Crippen molar-refractivity contribution in [2.75, 3.05) is 5.73 Å². The number of nitrogens with two attached hydrogens (primary N) is 1. The van der Waals surface area contributed by atoms with Gasteiger partial charge in [0.1, 0.15) is 5.75 Å². The van der Waals surface area contributed by atoms with E-state index < -0.39 is 11.2 Å². The van der Waals surface area contributed by atoms with Gasteiger partial charge in [-0.25, -0.2) is 9.89 Å². The summed E-state index contributed by atoms with van der Waals surface area (Å²) in [6.07, 6.45) is 0. The highest BCUT2D eigenvalue weighted by molar-refractivity contribution is 5.44. The number of nitrogens with one attached hydrogen (secondary N) is 2. The van der Waals surface area contributed by atoms with Gasteiger partial charge in [0.2, 0.25) is 0 Å². The predicted octanol–water partition coefficient (Wildman–Crippen LogP) is -0.167. The highest BCUT2D eigenvalue weighted by Gasteiger charge is 2.04. The molecule has 2 rings (SSSR count). The zero-order valence-corrected chi connectivity index (χ0v) is 8.06. The van der Waals surface area contributed by atoms with Gasteiger partial charge >= 0.3 is 17.1 Å². The number of benzene rings is 1. The summed E-state index contributed by atoms with van der Waals surface area (Å²) in [4.78, 5) is 23.9. The highest BCUT2D eigenvalue weighted by atomic mass is 16.5. The van der Waals surface area contributed by atoms with Crippen LogP contribution in [0.1, 0.15) is 0 Å². The van der Waals surface area contributed by atoms with Crippen LogP contribution in [0, 0.1) is 0 Å². The third kappa shape index (κ3) is 2.08. The van der Waals surface area contributed by atoms with Crippen LogP contribution in [-0.2, 0) is 0 Å². The first kappa shape index (κ1) is 9.97. The molecule has 7 heteroatoms. The predicted molar refractivity (Wildman–Crippen MR) is 56.4 cm³/mol. The van der Waals surface area contributed by atoms with Crippen molar-refractivity contribution in [2.45, 2.75) is 0 Å². The lowest BCUT2D eigenvalue weighted by Gasteiger charge is -2.02. The van der Waals surface area contributed by atoms with E-state index in [1.165, 1.54) is 6.07 Å². The maximum Gasteiger partial charge on any atom is 0.342 e. The fraction of sp³-hybridized carbons (Fsp3) is 0. The van der Waals surface area contributed by atoms with Crippen LogP contribution in [0.15, 0.2) is 33.9 Å². The van der Waals surface area contributed by atoms with Crippen molar-refractivity contribution in [3.63, 3.8) is 0 Å². The molecule has 0 saturated carbocycles. The van der Waals surface area contributed by atoms with Crippen LogP contribution in [-0.4, -0.2) is 15.2 Å². The van der Waals surface area contributed by atoms with Crippen molar-refractivity contribution in [3.8, 4) is 11.6 Å². The first-order valence-corrected chi connectivity index (χ1v) is 4.37. The molecule has 1 aromatic carbocycles. The van der Waals surface area contributed by atoms with E-state index in [1.807, 2.05) is 4.98 Å². The van der Waals surface area contributed by atoms with Crippen LogP contribution in [0.2, 0.25) is 0 Å². The molecule has 0 fully saturated rings. The fourth-order valence-corrected chi connectivity index (χ4v) is 1.10. The van der Waals surface area contributed by atoms with E-state index in [-0.39, 0.29) is 5.88 Å². The molecule has 0 aliphatic carbocycles. The number of nitrogen functional groups attached to an aromatic ring is 1. The second kappa shape index (κ2) is 3.89. The van der Waals surface area contributed by atoms with Crippen LogP contribution < -0.4 is 21.7 Å². The Hall–Kier alpha value is -2.57. The number of rotatable bonds is 2. The van der Waals surface area contributed by atoms with E-state index in [1.54, 1.807) is 18.2 Å². The number of H-pyrrole nitrogens is 2. The summed E-state index contributed by atoms with van der Waals surface area (Å²) >= 11 is 0. The van der Waals surface area contributed by atoms with Crippen molar-refractivity contribution < 1.29 is 4.74 Å². The average Bonchev–Trinajstić information content (AvgIpc) is 2.22. The molecule has 0 bridgehead atoms. The summed E-state index contributed by atoms with van der Waals surface area (Å²) in [5.41, 5.74) is 4.64. The first-order valence-electron chi connectivity index (χ1n) is 4.37. The second-order valence-electron chi connectivity index (χ2n) is 2.99. The van der Waals surface area contributed by atoms with Crippen molar-refractivity contribution in [1.82, 2.24) is 15.2 Å². The molecule has 0 aliphatic rings. The van der Waals surface area contributed by atoms with Crippen molar-refractivity contribution in [3.05, 3.63) is 45.1 Å². The minimum atomic E-state index is -0.703. The van der Waals surface area contributed by atoms with E-state index in [9.17, 15) is 9.59 Å². The molecule has 0 atom stereocenters. The summed E-state index contributed by atoms with van der Waals surface area (Å²) in [5.74, 6) is 0.121. The maximum absolute atomic E-state index is 11.2. The summed E-state index contributed by atoms with van der Waals surface area (Å²) in [6.45, 7) is 0. The fourth-order valence-electron chi connectivity index (χ4n) is 1.10. The number of nitrogens with zero attached hydrogens (tertiary/aromatic N) is 1. The highest BCUT2D eigenvalue weighted by Crippen LogP contribution is 2.17. The summed E-state index contributed by atoms with van der Waals surface area (Å²) in [7, 11) is 0. The van der Waals surface area contributed by atoms with Gasteiger partial charge in [-0.3, -0.25) is 9.78 Å². The molecule has 0 spiro atoms. The smallest absolute Gasteiger partial charge is 0.342 e. The standard InChI is InChI=1S/C9H8N4O3/c10-5-2-1-3-6(4-5)16-8-7(14)11-9(15)13-12-8/h1-4H,10H2,(H2,11,13,14,15). The van der Waals surface area contributed by atoms with E-state index in [2.05, 4.69) is 10.2 Å². The molecule has 2 aromatic rings. The quantitative estimate of drug-likeness (QED) is 0.608. The number of hydrogen-bond acceptors (Lipinski definition) is 5. The normalized spacial score (nSPS) is 10.0. The molecule has 0 unspecified atom stereocenters. The summed E-state index contributed by atoms with van der Waals surface area (Å²) in [6, 6.07) is 6.50. The molecule has 82 valence electrons. The first-order chi connectivity index (χ1) is 7.65. The van der Waals surface area contributed by atoms with Gasteiger partial charge in [0.15, 0.2) is 0 Å². The lowest BCUT2D eigenvalue weighted by molar-refractivity contribution is 0.443.